The van der Waals surface area contributed by atoms with Crippen LogP contribution in [0.5, 0.6) is 5.75 Å². The molecule has 0 bridgehead atoms. The van der Waals surface area contributed by atoms with E-state index in [9.17, 15) is 9.59 Å². The van der Waals surface area contributed by atoms with Gasteiger partial charge in [-0.25, -0.2) is 4.98 Å². The smallest absolute Gasteiger partial charge is 0.258 e. The standard InChI is InChI=1S/C20H27N3O3S/c1-13(2)22-17(24)10-21-18(25)11-26-15-8-6-14(7-9-15)19-23-16(12-27-19)20(3,4)5/h6-9,12-13H,10-11H2,1-5H3,(H,21,25)(H,22,24). The summed E-state index contributed by atoms with van der Waals surface area (Å²) in [6.45, 7) is 9.95. The average molecular weight is 390 g/mol. The molecule has 6 nitrogen and oxygen atoms in total. The molecule has 0 spiro atoms. The van der Waals surface area contributed by atoms with Crippen LogP contribution in [0.1, 0.15) is 40.3 Å². The van der Waals surface area contributed by atoms with Crippen molar-refractivity contribution in [2.24, 2.45) is 0 Å². The first-order chi connectivity index (χ1) is 12.6. The number of amides is 2. The van der Waals surface area contributed by atoms with Crippen LogP contribution >= 0.6 is 11.3 Å². The maximum Gasteiger partial charge on any atom is 0.258 e. The summed E-state index contributed by atoms with van der Waals surface area (Å²) < 4.78 is 5.47. The van der Waals surface area contributed by atoms with Gasteiger partial charge in [-0.1, -0.05) is 20.8 Å². The molecule has 0 saturated heterocycles. The molecule has 2 N–H and O–H groups in total. The Balaban J connectivity index is 1.84. The molecule has 2 aromatic rings. The molecule has 1 aromatic carbocycles. The number of carbonyl (C=O) groups is 2. The Hall–Kier alpha value is -2.41. The van der Waals surface area contributed by atoms with Crippen molar-refractivity contribution in [3.63, 3.8) is 0 Å². The van der Waals surface area contributed by atoms with E-state index in [1.807, 2.05) is 38.1 Å². The summed E-state index contributed by atoms with van der Waals surface area (Å²) in [6, 6.07) is 7.52. The predicted molar refractivity (Wildman–Crippen MR) is 108 cm³/mol. The molecule has 7 heteroatoms. The third-order valence-electron chi connectivity index (χ3n) is 3.64. The summed E-state index contributed by atoms with van der Waals surface area (Å²) in [4.78, 5) is 28.0. The van der Waals surface area contributed by atoms with E-state index in [0.717, 1.165) is 16.3 Å². The predicted octanol–water partition coefficient (Wildman–Crippen LogP) is 3.13. The fourth-order valence-electron chi connectivity index (χ4n) is 2.20. The highest BCUT2D eigenvalue weighted by Crippen LogP contribution is 2.30. The minimum Gasteiger partial charge on any atom is -0.484 e. The van der Waals surface area contributed by atoms with Gasteiger partial charge in [-0.3, -0.25) is 9.59 Å². The molecule has 0 aliphatic heterocycles. The largest absolute Gasteiger partial charge is 0.484 e. The number of rotatable bonds is 7. The lowest BCUT2D eigenvalue weighted by atomic mass is 9.93. The Morgan fingerprint density at radius 1 is 1.15 bits per heavy atom. The number of nitrogens with zero attached hydrogens (tertiary/aromatic N) is 1. The number of benzene rings is 1. The number of carbonyl (C=O) groups excluding carboxylic acids is 2. The van der Waals surface area contributed by atoms with E-state index in [0.29, 0.717) is 5.75 Å². The molecule has 0 atom stereocenters. The summed E-state index contributed by atoms with van der Waals surface area (Å²) >= 11 is 1.61. The van der Waals surface area contributed by atoms with Crippen molar-refractivity contribution in [1.82, 2.24) is 15.6 Å². The minimum absolute atomic E-state index is 0.0250. The highest BCUT2D eigenvalue weighted by Gasteiger charge is 2.18. The molecular weight excluding hydrogens is 362 g/mol. The SMILES string of the molecule is CC(C)NC(=O)CNC(=O)COc1ccc(-c2nc(C(C)(C)C)cs2)cc1. The van der Waals surface area contributed by atoms with E-state index in [1.54, 1.807) is 11.3 Å². The van der Waals surface area contributed by atoms with Crippen LogP contribution in [0, 0.1) is 0 Å². The fraction of sp³-hybridized carbons (Fsp3) is 0.450. The molecule has 0 fully saturated rings. The van der Waals surface area contributed by atoms with Crippen molar-refractivity contribution in [3.8, 4) is 16.3 Å². The lowest BCUT2D eigenvalue weighted by Gasteiger charge is -2.14. The molecule has 0 saturated carbocycles. The van der Waals surface area contributed by atoms with Crippen LogP contribution in [-0.2, 0) is 15.0 Å². The lowest BCUT2D eigenvalue weighted by Crippen LogP contribution is -2.41. The van der Waals surface area contributed by atoms with Crippen molar-refractivity contribution in [3.05, 3.63) is 35.3 Å². The first kappa shape index (κ1) is 20.9. The molecule has 2 amide bonds. The third-order valence-corrected chi connectivity index (χ3v) is 4.53. The molecular formula is C20H27N3O3S. The highest BCUT2D eigenvalue weighted by atomic mass is 32.1. The van der Waals surface area contributed by atoms with Crippen LogP contribution in [0.25, 0.3) is 10.6 Å². The van der Waals surface area contributed by atoms with Crippen molar-refractivity contribution in [2.45, 2.75) is 46.1 Å². The Bertz CT molecular complexity index is 777. The van der Waals surface area contributed by atoms with Crippen LogP contribution in [0.4, 0.5) is 0 Å². The maximum absolute atomic E-state index is 11.8. The molecule has 1 heterocycles. The van der Waals surface area contributed by atoms with Crippen LogP contribution < -0.4 is 15.4 Å². The molecule has 0 radical (unpaired) electrons. The van der Waals surface area contributed by atoms with Gasteiger partial charge in [0.05, 0.1) is 12.2 Å². The van der Waals surface area contributed by atoms with Crippen molar-refractivity contribution >= 4 is 23.2 Å². The number of ether oxygens (including phenoxy) is 1. The van der Waals surface area contributed by atoms with Gasteiger partial charge in [0.25, 0.3) is 5.91 Å². The van der Waals surface area contributed by atoms with E-state index in [-0.39, 0.29) is 36.4 Å². The number of hydrogen-bond acceptors (Lipinski definition) is 5. The number of hydrogen-bond donors (Lipinski definition) is 2. The molecule has 146 valence electrons. The minimum atomic E-state index is -0.340. The number of aromatic nitrogens is 1. The molecule has 0 aliphatic rings. The Kier molecular flexibility index (Phi) is 6.96. The van der Waals surface area contributed by atoms with Gasteiger partial charge in [-0.15, -0.1) is 11.3 Å². The fourth-order valence-corrected chi connectivity index (χ4v) is 3.25. The number of thiazole rings is 1. The van der Waals surface area contributed by atoms with Crippen molar-refractivity contribution < 1.29 is 14.3 Å². The average Bonchev–Trinajstić information content (AvgIpc) is 3.08. The van der Waals surface area contributed by atoms with Gasteiger partial charge in [-0.2, -0.15) is 0 Å². The van der Waals surface area contributed by atoms with Crippen molar-refractivity contribution in [1.29, 1.82) is 0 Å². The van der Waals surface area contributed by atoms with Crippen LogP contribution in [0.15, 0.2) is 29.6 Å². The number of nitrogens with one attached hydrogen (secondary N) is 2. The monoisotopic (exact) mass is 389 g/mol. The zero-order chi connectivity index (χ0) is 20.0. The Morgan fingerprint density at radius 3 is 2.37 bits per heavy atom. The molecule has 0 unspecified atom stereocenters. The van der Waals surface area contributed by atoms with Crippen LogP contribution in [-0.4, -0.2) is 36.0 Å². The van der Waals surface area contributed by atoms with Gasteiger partial charge < -0.3 is 15.4 Å². The Morgan fingerprint density at radius 2 is 1.81 bits per heavy atom. The third kappa shape index (κ3) is 6.67. The topological polar surface area (TPSA) is 80.3 Å². The van der Waals surface area contributed by atoms with Crippen LogP contribution in [0.3, 0.4) is 0 Å². The molecule has 1 aromatic heterocycles. The summed E-state index contributed by atoms with van der Waals surface area (Å²) in [7, 11) is 0. The van der Waals surface area contributed by atoms with Crippen LogP contribution in [0.2, 0.25) is 0 Å². The Labute approximate surface area is 164 Å². The second-order valence-electron chi connectivity index (χ2n) is 7.60. The normalized spacial score (nSPS) is 11.3. The first-order valence-corrected chi connectivity index (χ1v) is 9.78. The van der Waals surface area contributed by atoms with Gasteiger partial charge in [0.2, 0.25) is 5.91 Å². The summed E-state index contributed by atoms with van der Waals surface area (Å²) in [5.74, 6) is 0.0293. The molecule has 27 heavy (non-hydrogen) atoms. The molecule has 2 rings (SSSR count). The van der Waals surface area contributed by atoms with E-state index >= 15 is 0 Å². The second-order valence-corrected chi connectivity index (χ2v) is 8.46. The second kappa shape index (κ2) is 8.99. The molecule has 0 aliphatic carbocycles. The van der Waals surface area contributed by atoms with Gasteiger partial charge in [-0.05, 0) is 38.1 Å². The summed E-state index contributed by atoms with van der Waals surface area (Å²) in [5.41, 5.74) is 2.11. The van der Waals surface area contributed by atoms with Crippen molar-refractivity contribution in [2.75, 3.05) is 13.2 Å². The van der Waals surface area contributed by atoms with E-state index in [1.165, 1.54) is 0 Å². The van der Waals surface area contributed by atoms with E-state index in [2.05, 4.69) is 36.8 Å². The quantitative estimate of drug-likeness (QED) is 0.762. The van der Waals surface area contributed by atoms with Gasteiger partial charge in [0, 0.05) is 22.4 Å². The van der Waals surface area contributed by atoms with E-state index < -0.39 is 0 Å². The maximum atomic E-state index is 11.8. The van der Waals surface area contributed by atoms with E-state index in [4.69, 9.17) is 9.72 Å². The van der Waals surface area contributed by atoms with Gasteiger partial charge >= 0.3 is 0 Å². The highest BCUT2D eigenvalue weighted by molar-refractivity contribution is 7.13. The summed E-state index contributed by atoms with van der Waals surface area (Å²) in [6.07, 6.45) is 0. The van der Waals surface area contributed by atoms with Gasteiger partial charge in [0.15, 0.2) is 6.61 Å². The zero-order valence-electron chi connectivity index (χ0n) is 16.5. The lowest BCUT2D eigenvalue weighted by molar-refractivity contribution is -0.127. The van der Waals surface area contributed by atoms with Gasteiger partial charge in [0.1, 0.15) is 10.8 Å². The first-order valence-electron chi connectivity index (χ1n) is 8.90. The summed E-state index contributed by atoms with van der Waals surface area (Å²) in [5, 5.41) is 8.27. The zero-order valence-corrected chi connectivity index (χ0v) is 17.3.